The van der Waals surface area contributed by atoms with Gasteiger partial charge in [0.1, 0.15) is 4.88 Å². The van der Waals surface area contributed by atoms with Gasteiger partial charge in [-0.1, -0.05) is 23.7 Å². The first-order valence-corrected chi connectivity index (χ1v) is 7.42. The molecule has 0 aliphatic heterocycles. The highest BCUT2D eigenvalue weighted by atomic mass is 79.9. The predicted octanol–water partition coefficient (Wildman–Crippen LogP) is 4.66. The number of hydrogen-bond donors (Lipinski definition) is 1. The van der Waals surface area contributed by atoms with Crippen molar-refractivity contribution in [2.45, 2.75) is 13.0 Å². The Hall–Kier alpha value is -0.840. The van der Waals surface area contributed by atoms with Gasteiger partial charge in [0.2, 0.25) is 0 Å². The van der Waals surface area contributed by atoms with E-state index in [4.69, 9.17) is 11.6 Å². The van der Waals surface area contributed by atoms with Gasteiger partial charge in [0.15, 0.2) is 0 Å². The number of benzene rings is 1. The highest BCUT2D eigenvalue weighted by Crippen LogP contribution is 2.24. The number of carbonyl (C=O) groups excluding carboxylic acids is 1. The molecule has 1 unspecified atom stereocenters. The standard InChI is InChI=1S/C13H11BrClNOS/c1-8(9-3-2-4-10(15)7-9)16-13(17)12-11(14)5-6-18-12/h2-8H,1H3,(H,16,17). The van der Waals surface area contributed by atoms with Gasteiger partial charge in [0, 0.05) is 9.50 Å². The zero-order valence-corrected chi connectivity index (χ0v) is 12.8. The molecule has 2 rings (SSSR count). The van der Waals surface area contributed by atoms with E-state index < -0.39 is 0 Å². The van der Waals surface area contributed by atoms with Crippen LogP contribution >= 0.6 is 38.9 Å². The highest BCUT2D eigenvalue weighted by Gasteiger charge is 2.15. The topological polar surface area (TPSA) is 29.1 Å². The fourth-order valence-electron chi connectivity index (χ4n) is 1.58. The maximum Gasteiger partial charge on any atom is 0.262 e. The number of amides is 1. The molecular formula is C13H11BrClNOS. The van der Waals surface area contributed by atoms with Crippen LogP contribution in [0.15, 0.2) is 40.2 Å². The highest BCUT2D eigenvalue weighted by molar-refractivity contribution is 9.10. The molecule has 0 fully saturated rings. The lowest BCUT2D eigenvalue weighted by molar-refractivity contribution is 0.0943. The summed E-state index contributed by atoms with van der Waals surface area (Å²) in [5, 5.41) is 5.50. The van der Waals surface area contributed by atoms with Crippen molar-refractivity contribution in [2.75, 3.05) is 0 Å². The summed E-state index contributed by atoms with van der Waals surface area (Å²) in [5.41, 5.74) is 0.989. The zero-order chi connectivity index (χ0) is 13.1. The first-order chi connectivity index (χ1) is 8.58. The van der Waals surface area contributed by atoms with Crippen LogP contribution in [0.2, 0.25) is 5.02 Å². The van der Waals surface area contributed by atoms with Crippen LogP contribution in [0.1, 0.15) is 28.2 Å². The zero-order valence-electron chi connectivity index (χ0n) is 9.61. The van der Waals surface area contributed by atoms with E-state index in [0.717, 1.165) is 10.0 Å². The summed E-state index contributed by atoms with van der Waals surface area (Å²) in [6.07, 6.45) is 0. The second-order valence-corrected chi connectivity index (χ2v) is 6.05. The summed E-state index contributed by atoms with van der Waals surface area (Å²) in [7, 11) is 0. The Labute approximate surface area is 123 Å². The van der Waals surface area contributed by atoms with Crippen LogP contribution in [0.4, 0.5) is 0 Å². The number of nitrogens with one attached hydrogen (secondary N) is 1. The average Bonchev–Trinajstić information content (AvgIpc) is 2.75. The van der Waals surface area contributed by atoms with E-state index in [0.29, 0.717) is 9.90 Å². The first-order valence-electron chi connectivity index (χ1n) is 5.37. The van der Waals surface area contributed by atoms with E-state index in [1.807, 2.05) is 42.6 Å². The van der Waals surface area contributed by atoms with Crippen molar-refractivity contribution in [1.29, 1.82) is 0 Å². The first kappa shape index (κ1) is 13.6. The molecule has 0 bridgehead atoms. The molecule has 0 aliphatic carbocycles. The number of rotatable bonds is 3. The van der Waals surface area contributed by atoms with E-state index in [1.165, 1.54) is 11.3 Å². The molecule has 1 N–H and O–H groups in total. The maximum atomic E-state index is 12.0. The van der Waals surface area contributed by atoms with Gasteiger partial charge in [-0.25, -0.2) is 0 Å². The Balaban J connectivity index is 2.10. The number of carbonyl (C=O) groups is 1. The SMILES string of the molecule is CC(NC(=O)c1sccc1Br)c1cccc(Cl)c1. The lowest BCUT2D eigenvalue weighted by Gasteiger charge is -2.14. The molecule has 5 heteroatoms. The largest absolute Gasteiger partial charge is 0.345 e. The average molecular weight is 345 g/mol. The van der Waals surface area contributed by atoms with Gasteiger partial charge in [-0.15, -0.1) is 11.3 Å². The van der Waals surface area contributed by atoms with Crippen LogP contribution in [-0.4, -0.2) is 5.91 Å². The van der Waals surface area contributed by atoms with Crippen LogP contribution < -0.4 is 5.32 Å². The van der Waals surface area contributed by atoms with Crippen molar-refractivity contribution in [1.82, 2.24) is 5.32 Å². The molecule has 1 aromatic heterocycles. The Morgan fingerprint density at radius 1 is 1.44 bits per heavy atom. The summed E-state index contributed by atoms with van der Waals surface area (Å²) < 4.78 is 0.822. The van der Waals surface area contributed by atoms with Crippen molar-refractivity contribution >= 4 is 44.8 Å². The number of halogens is 2. The summed E-state index contributed by atoms with van der Waals surface area (Å²) in [6, 6.07) is 9.28. The smallest absolute Gasteiger partial charge is 0.262 e. The normalized spacial score (nSPS) is 12.2. The van der Waals surface area contributed by atoms with Crippen molar-refractivity contribution in [3.63, 3.8) is 0 Å². The third kappa shape index (κ3) is 3.13. The molecule has 1 atom stereocenters. The van der Waals surface area contributed by atoms with E-state index in [1.54, 1.807) is 0 Å². The molecule has 0 spiro atoms. The second-order valence-electron chi connectivity index (χ2n) is 3.85. The molecule has 94 valence electrons. The van der Waals surface area contributed by atoms with Gasteiger partial charge in [0.25, 0.3) is 5.91 Å². The molecule has 2 nitrogen and oxygen atoms in total. The van der Waals surface area contributed by atoms with Gasteiger partial charge in [-0.3, -0.25) is 4.79 Å². The summed E-state index contributed by atoms with van der Waals surface area (Å²) in [4.78, 5) is 12.7. The fraction of sp³-hybridized carbons (Fsp3) is 0.154. The van der Waals surface area contributed by atoms with Gasteiger partial charge < -0.3 is 5.32 Å². The minimum Gasteiger partial charge on any atom is -0.345 e. The molecule has 0 saturated heterocycles. The van der Waals surface area contributed by atoms with Crippen molar-refractivity contribution in [3.05, 3.63) is 55.6 Å². The van der Waals surface area contributed by atoms with Gasteiger partial charge >= 0.3 is 0 Å². The van der Waals surface area contributed by atoms with Crippen molar-refractivity contribution in [2.24, 2.45) is 0 Å². The third-order valence-corrected chi connectivity index (χ3v) is 4.59. The van der Waals surface area contributed by atoms with E-state index >= 15 is 0 Å². The molecule has 0 saturated carbocycles. The lowest BCUT2D eigenvalue weighted by atomic mass is 10.1. The Morgan fingerprint density at radius 2 is 2.22 bits per heavy atom. The van der Waals surface area contributed by atoms with Crippen LogP contribution in [0.25, 0.3) is 0 Å². The quantitative estimate of drug-likeness (QED) is 0.862. The molecule has 18 heavy (non-hydrogen) atoms. The van der Waals surface area contributed by atoms with Crippen LogP contribution in [0.5, 0.6) is 0 Å². The molecule has 1 amide bonds. The van der Waals surface area contributed by atoms with Crippen LogP contribution in [-0.2, 0) is 0 Å². The fourth-order valence-corrected chi connectivity index (χ4v) is 3.23. The maximum absolute atomic E-state index is 12.0. The summed E-state index contributed by atoms with van der Waals surface area (Å²) >= 11 is 10.7. The predicted molar refractivity (Wildman–Crippen MR) is 79.4 cm³/mol. The van der Waals surface area contributed by atoms with E-state index in [2.05, 4.69) is 21.2 Å². The number of thiophene rings is 1. The summed E-state index contributed by atoms with van der Waals surface area (Å²) in [5.74, 6) is -0.0793. The minimum absolute atomic E-state index is 0.0785. The second kappa shape index (κ2) is 5.87. The molecule has 1 heterocycles. The minimum atomic E-state index is -0.0793. The van der Waals surface area contributed by atoms with Gasteiger partial charge in [-0.05, 0) is 52.0 Å². The Morgan fingerprint density at radius 3 is 2.83 bits per heavy atom. The molecule has 0 aliphatic rings. The third-order valence-electron chi connectivity index (χ3n) is 2.52. The van der Waals surface area contributed by atoms with Gasteiger partial charge in [0.05, 0.1) is 6.04 Å². The van der Waals surface area contributed by atoms with Crippen molar-refractivity contribution in [3.8, 4) is 0 Å². The van der Waals surface area contributed by atoms with Crippen LogP contribution in [0.3, 0.4) is 0 Å². The summed E-state index contributed by atoms with van der Waals surface area (Å²) in [6.45, 7) is 1.94. The molecule has 2 aromatic rings. The van der Waals surface area contributed by atoms with Crippen molar-refractivity contribution < 1.29 is 4.79 Å². The van der Waals surface area contributed by atoms with Gasteiger partial charge in [-0.2, -0.15) is 0 Å². The molecule has 0 radical (unpaired) electrons. The molecule has 1 aromatic carbocycles. The van der Waals surface area contributed by atoms with Crippen LogP contribution in [0, 0.1) is 0 Å². The Kier molecular flexibility index (Phi) is 4.43. The van der Waals surface area contributed by atoms with E-state index in [9.17, 15) is 4.79 Å². The number of hydrogen-bond acceptors (Lipinski definition) is 2. The Bertz CT molecular complexity index is 570. The lowest BCUT2D eigenvalue weighted by Crippen LogP contribution is -2.26. The molecular weight excluding hydrogens is 334 g/mol. The monoisotopic (exact) mass is 343 g/mol. The van der Waals surface area contributed by atoms with E-state index in [-0.39, 0.29) is 11.9 Å².